The Morgan fingerprint density at radius 3 is 3.06 bits per heavy atom. The predicted molar refractivity (Wildman–Crippen MR) is 73.5 cm³/mol. The lowest BCUT2D eigenvalue weighted by Crippen LogP contribution is -2.48. The minimum absolute atomic E-state index is 0.138. The fourth-order valence-corrected chi connectivity index (χ4v) is 2.49. The molecule has 2 unspecified atom stereocenters. The van der Waals surface area contributed by atoms with Crippen molar-refractivity contribution in [3.05, 3.63) is 35.4 Å². The number of rotatable bonds is 3. The Labute approximate surface area is 109 Å². The van der Waals surface area contributed by atoms with Gasteiger partial charge in [0, 0.05) is 6.04 Å². The number of piperidine rings is 1. The van der Waals surface area contributed by atoms with E-state index in [0.717, 1.165) is 25.1 Å². The zero-order chi connectivity index (χ0) is 13.0. The second-order valence-electron chi connectivity index (χ2n) is 5.31. The van der Waals surface area contributed by atoms with E-state index in [2.05, 4.69) is 36.6 Å². The number of hydrogen-bond acceptors (Lipinski definition) is 2. The van der Waals surface area contributed by atoms with Crippen LogP contribution in [0.3, 0.4) is 0 Å². The first-order valence-corrected chi connectivity index (χ1v) is 6.71. The van der Waals surface area contributed by atoms with E-state index in [0.29, 0.717) is 18.4 Å². The first-order chi connectivity index (χ1) is 8.65. The summed E-state index contributed by atoms with van der Waals surface area (Å²) in [6.45, 7) is 6.23. The smallest absolute Gasteiger partial charge is 0.224 e. The number of aryl methyl sites for hydroxylation is 1. The predicted octanol–water partition coefficient (Wildman–Crippen LogP) is 1.65. The van der Waals surface area contributed by atoms with Crippen molar-refractivity contribution in [2.45, 2.75) is 32.7 Å². The van der Waals surface area contributed by atoms with Gasteiger partial charge in [0.2, 0.25) is 5.91 Å². The molecule has 0 spiro atoms. The Balaban J connectivity index is 1.88. The summed E-state index contributed by atoms with van der Waals surface area (Å²) < 4.78 is 0. The van der Waals surface area contributed by atoms with Crippen LogP contribution < -0.4 is 10.6 Å². The Bertz CT molecular complexity index is 417. The number of carbonyl (C=O) groups excluding carboxylic acids is 1. The van der Waals surface area contributed by atoms with Gasteiger partial charge in [-0.15, -0.1) is 0 Å². The Hall–Kier alpha value is -1.35. The zero-order valence-electron chi connectivity index (χ0n) is 11.2. The molecule has 1 aliphatic heterocycles. The molecule has 1 heterocycles. The van der Waals surface area contributed by atoms with Gasteiger partial charge in [0.1, 0.15) is 0 Å². The molecule has 3 nitrogen and oxygen atoms in total. The third-order valence-electron chi connectivity index (χ3n) is 3.58. The fourth-order valence-electron chi connectivity index (χ4n) is 2.49. The second-order valence-corrected chi connectivity index (χ2v) is 5.31. The molecule has 0 bridgehead atoms. The van der Waals surface area contributed by atoms with Gasteiger partial charge in [-0.1, -0.05) is 36.8 Å². The van der Waals surface area contributed by atoms with Crippen LogP contribution in [0.2, 0.25) is 0 Å². The Kier molecular flexibility index (Phi) is 4.37. The van der Waals surface area contributed by atoms with Gasteiger partial charge in [0.25, 0.3) is 0 Å². The van der Waals surface area contributed by atoms with E-state index in [4.69, 9.17) is 0 Å². The van der Waals surface area contributed by atoms with Crippen LogP contribution in [-0.4, -0.2) is 25.0 Å². The summed E-state index contributed by atoms with van der Waals surface area (Å²) in [5.41, 5.74) is 2.30. The molecule has 2 N–H and O–H groups in total. The molecular formula is C15H22N2O. The van der Waals surface area contributed by atoms with Gasteiger partial charge in [0.05, 0.1) is 6.42 Å². The Morgan fingerprint density at radius 1 is 1.50 bits per heavy atom. The highest BCUT2D eigenvalue weighted by atomic mass is 16.1. The third-order valence-corrected chi connectivity index (χ3v) is 3.58. The molecule has 2 atom stereocenters. The number of carbonyl (C=O) groups is 1. The highest BCUT2D eigenvalue weighted by Gasteiger charge is 2.22. The van der Waals surface area contributed by atoms with Gasteiger partial charge in [-0.05, 0) is 37.9 Å². The highest BCUT2D eigenvalue weighted by Crippen LogP contribution is 2.11. The SMILES string of the molecule is Cc1cccc(CC(=O)NC2CCNCC2C)c1. The summed E-state index contributed by atoms with van der Waals surface area (Å²) in [5.74, 6) is 0.652. The van der Waals surface area contributed by atoms with Crippen molar-refractivity contribution >= 4 is 5.91 Å². The second kappa shape index (κ2) is 6.01. The van der Waals surface area contributed by atoms with Crippen LogP contribution in [0.1, 0.15) is 24.5 Å². The van der Waals surface area contributed by atoms with Crippen molar-refractivity contribution in [2.75, 3.05) is 13.1 Å². The number of benzene rings is 1. The highest BCUT2D eigenvalue weighted by molar-refractivity contribution is 5.78. The molecular weight excluding hydrogens is 224 g/mol. The van der Waals surface area contributed by atoms with E-state index in [1.54, 1.807) is 0 Å². The molecule has 2 rings (SSSR count). The van der Waals surface area contributed by atoms with Gasteiger partial charge < -0.3 is 10.6 Å². The maximum absolute atomic E-state index is 12.0. The van der Waals surface area contributed by atoms with Crippen molar-refractivity contribution in [1.82, 2.24) is 10.6 Å². The molecule has 1 aromatic carbocycles. The molecule has 3 heteroatoms. The minimum Gasteiger partial charge on any atom is -0.353 e. The van der Waals surface area contributed by atoms with Crippen LogP contribution in [-0.2, 0) is 11.2 Å². The quantitative estimate of drug-likeness (QED) is 0.851. The third kappa shape index (κ3) is 3.57. The summed E-state index contributed by atoms with van der Waals surface area (Å²) in [7, 11) is 0. The first kappa shape index (κ1) is 13.1. The molecule has 1 aliphatic rings. The number of nitrogens with one attached hydrogen (secondary N) is 2. The number of hydrogen-bond donors (Lipinski definition) is 2. The maximum atomic E-state index is 12.0. The van der Waals surface area contributed by atoms with E-state index in [9.17, 15) is 4.79 Å². The van der Waals surface area contributed by atoms with Crippen molar-refractivity contribution in [2.24, 2.45) is 5.92 Å². The van der Waals surface area contributed by atoms with Crippen LogP contribution >= 0.6 is 0 Å². The molecule has 0 aliphatic carbocycles. The Morgan fingerprint density at radius 2 is 2.33 bits per heavy atom. The minimum atomic E-state index is 0.138. The lowest BCUT2D eigenvalue weighted by molar-refractivity contribution is -0.121. The van der Waals surface area contributed by atoms with Gasteiger partial charge >= 0.3 is 0 Å². The standard InChI is InChI=1S/C15H22N2O/c1-11-4-3-5-13(8-11)9-15(18)17-14-6-7-16-10-12(14)2/h3-5,8,12,14,16H,6-7,9-10H2,1-2H3,(H,17,18). The number of amides is 1. The lowest BCUT2D eigenvalue weighted by Gasteiger charge is -2.30. The van der Waals surface area contributed by atoms with E-state index >= 15 is 0 Å². The molecule has 18 heavy (non-hydrogen) atoms. The van der Waals surface area contributed by atoms with Crippen molar-refractivity contribution in [3.63, 3.8) is 0 Å². The van der Waals surface area contributed by atoms with Gasteiger partial charge in [-0.25, -0.2) is 0 Å². The van der Waals surface area contributed by atoms with Gasteiger partial charge in [-0.3, -0.25) is 4.79 Å². The molecule has 0 aromatic heterocycles. The van der Waals surface area contributed by atoms with E-state index < -0.39 is 0 Å². The average Bonchev–Trinajstić information content (AvgIpc) is 2.32. The molecule has 98 valence electrons. The topological polar surface area (TPSA) is 41.1 Å². The van der Waals surface area contributed by atoms with E-state index in [1.807, 2.05) is 12.1 Å². The van der Waals surface area contributed by atoms with Crippen LogP contribution in [0, 0.1) is 12.8 Å². The molecule has 1 saturated heterocycles. The summed E-state index contributed by atoms with van der Waals surface area (Å²) in [6, 6.07) is 8.47. The van der Waals surface area contributed by atoms with Crippen LogP contribution in [0.15, 0.2) is 24.3 Å². The average molecular weight is 246 g/mol. The summed E-state index contributed by atoms with van der Waals surface area (Å²) >= 11 is 0. The van der Waals surface area contributed by atoms with Crippen LogP contribution in [0.4, 0.5) is 0 Å². The normalized spacial score (nSPS) is 23.7. The summed E-state index contributed by atoms with van der Waals surface area (Å²) in [5, 5.41) is 6.50. The van der Waals surface area contributed by atoms with Crippen LogP contribution in [0.25, 0.3) is 0 Å². The van der Waals surface area contributed by atoms with Crippen molar-refractivity contribution in [1.29, 1.82) is 0 Å². The van der Waals surface area contributed by atoms with E-state index in [-0.39, 0.29) is 5.91 Å². The fraction of sp³-hybridized carbons (Fsp3) is 0.533. The van der Waals surface area contributed by atoms with Crippen molar-refractivity contribution in [3.8, 4) is 0 Å². The monoisotopic (exact) mass is 246 g/mol. The summed E-state index contributed by atoms with van der Waals surface area (Å²) in [4.78, 5) is 12.0. The molecule has 1 fully saturated rings. The lowest BCUT2D eigenvalue weighted by atomic mass is 9.95. The van der Waals surface area contributed by atoms with Gasteiger partial charge in [0.15, 0.2) is 0 Å². The molecule has 1 amide bonds. The largest absolute Gasteiger partial charge is 0.353 e. The van der Waals surface area contributed by atoms with Gasteiger partial charge in [-0.2, -0.15) is 0 Å². The maximum Gasteiger partial charge on any atom is 0.224 e. The molecule has 0 saturated carbocycles. The molecule has 0 radical (unpaired) electrons. The first-order valence-electron chi connectivity index (χ1n) is 6.71. The van der Waals surface area contributed by atoms with Crippen LogP contribution in [0.5, 0.6) is 0 Å². The van der Waals surface area contributed by atoms with Crippen molar-refractivity contribution < 1.29 is 4.79 Å². The molecule has 1 aromatic rings. The van der Waals surface area contributed by atoms with E-state index in [1.165, 1.54) is 5.56 Å². The zero-order valence-corrected chi connectivity index (χ0v) is 11.2. The summed E-state index contributed by atoms with van der Waals surface area (Å²) in [6.07, 6.45) is 1.51.